The summed E-state index contributed by atoms with van der Waals surface area (Å²) in [5.74, 6) is -4.83. The van der Waals surface area contributed by atoms with Gasteiger partial charge in [0.2, 0.25) is 5.78 Å². The molecule has 0 aliphatic carbocycles. The minimum absolute atomic E-state index is 0.00779. The molecule has 3 aromatic carbocycles. The van der Waals surface area contributed by atoms with Crippen molar-refractivity contribution in [3.05, 3.63) is 89.0 Å². The molecule has 1 heterocycles. The number of likely N-dealkylation sites (tertiary alicyclic amines) is 1. The zero-order valence-electron chi connectivity index (χ0n) is 21.9. The molecule has 0 bridgehead atoms. The number of halogens is 4. The molecule has 3 N–H and O–H groups in total. The van der Waals surface area contributed by atoms with E-state index in [0.717, 1.165) is 12.1 Å². The molecule has 1 fully saturated rings. The molecule has 1 saturated heterocycles. The number of carbonyl (C=O) groups excluding carboxylic acids is 2. The number of nitrogens with zero attached hydrogens (tertiary/aromatic N) is 1. The number of carboxylic acid groups (broad SMARTS) is 1. The normalized spacial score (nSPS) is 15.1. The second kappa shape index (κ2) is 12.0. The van der Waals surface area contributed by atoms with E-state index < -0.39 is 41.2 Å². The number of aryl methyl sites for hydroxylation is 1. The summed E-state index contributed by atoms with van der Waals surface area (Å²) >= 11 is 0. The van der Waals surface area contributed by atoms with E-state index in [0.29, 0.717) is 37.1 Å². The Balaban J connectivity index is 1.47. The van der Waals surface area contributed by atoms with Crippen LogP contribution in [0.15, 0.2) is 66.7 Å². The predicted octanol–water partition coefficient (Wildman–Crippen LogP) is 6.27. The lowest BCUT2D eigenvalue weighted by Gasteiger charge is -2.33. The summed E-state index contributed by atoms with van der Waals surface area (Å²) < 4.78 is 61.5. The second-order valence-electron chi connectivity index (χ2n) is 9.56. The summed E-state index contributed by atoms with van der Waals surface area (Å²) in [6, 6.07) is 13.3. The van der Waals surface area contributed by atoms with Gasteiger partial charge in [-0.3, -0.25) is 4.79 Å². The number of ether oxygens (including phenoxy) is 1. The first kappa shape index (κ1) is 29.5. The van der Waals surface area contributed by atoms with Crippen LogP contribution in [-0.2, 0) is 17.4 Å². The van der Waals surface area contributed by atoms with Gasteiger partial charge in [0.05, 0.1) is 16.8 Å². The standard InChI is InChI=1S/C29H27F4N3O5/c1-18-16-19(8-13-23(18)34-27(40)35-24-7-3-2-6-22(24)28(30,31)32)17-25(37)29(33,36-14-4-5-15-36)41-21-11-9-20(10-12-21)26(38)39/h2-3,6-13,16H,4-5,14-15,17H2,1H3,(H,38,39)(H2,34,35,40). The van der Waals surface area contributed by atoms with Crippen LogP contribution >= 0.6 is 0 Å². The van der Waals surface area contributed by atoms with E-state index in [1.54, 1.807) is 13.0 Å². The first-order valence-corrected chi connectivity index (χ1v) is 12.7. The Morgan fingerprint density at radius 3 is 2.15 bits per heavy atom. The number of alkyl halides is 4. The highest BCUT2D eigenvalue weighted by Crippen LogP contribution is 2.35. The number of Topliss-reactive ketones (excluding diaryl/α,β-unsaturated/α-hetero) is 1. The third-order valence-corrected chi connectivity index (χ3v) is 6.60. The SMILES string of the molecule is Cc1cc(CC(=O)C(F)(Oc2ccc(C(=O)O)cc2)N2CCCC2)ccc1NC(=O)Nc1ccccc1C(F)(F)F. The molecule has 216 valence electrons. The van der Waals surface area contributed by atoms with Crippen molar-refractivity contribution >= 4 is 29.2 Å². The molecular formula is C29H27F4N3O5. The molecule has 1 unspecified atom stereocenters. The van der Waals surface area contributed by atoms with Crippen LogP contribution in [0.4, 0.5) is 33.7 Å². The molecule has 1 atom stereocenters. The number of anilines is 2. The summed E-state index contributed by atoms with van der Waals surface area (Å²) in [5, 5.41) is 13.8. The molecule has 4 rings (SSSR count). The quantitative estimate of drug-likeness (QED) is 0.206. The third-order valence-electron chi connectivity index (χ3n) is 6.60. The fourth-order valence-corrected chi connectivity index (χ4v) is 4.51. The number of urea groups is 1. The van der Waals surface area contributed by atoms with Crippen LogP contribution in [0, 0.1) is 6.92 Å². The Morgan fingerprint density at radius 2 is 1.54 bits per heavy atom. The maximum Gasteiger partial charge on any atom is 0.418 e. The lowest BCUT2D eigenvalue weighted by atomic mass is 10.0. The summed E-state index contributed by atoms with van der Waals surface area (Å²) in [5.41, 5.74) is -0.220. The summed E-state index contributed by atoms with van der Waals surface area (Å²) in [7, 11) is 0. The van der Waals surface area contributed by atoms with Gasteiger partial charge in [-0.05, 0) is 73.4 Å². The average Bonchev–Trinajstić information content (AvgIpc) is 3.46. The highest BCUT2D eigenvalue weighted by molar-refractivity contribution is 6.00. The number of ketones is 1. The Hall–Kier alpha value is -4.45. The van der Waals surface area contributed by atoms with Crippen LogP contribution in [-0.4, -0.2) is 46.9 Å². The summed E-state index contributed by atoms with van der Waals surface area (Å²) in [4.78, 5) is 38.1. The van der Waals surface area contributed by atoms with Crippen molar-refractivity contribution in [2.45, 2.75) is 38.3 Å². The van der Waals surface area contributed by atoms with E-state index in [4.69, 9.17) is 9.84 Å². The van der Waals surface area contributed by atoms with Crippen molar-refractivity contribution in [3.63, 3.8) is 0 Å². The Morgan fingerprint density at radius 1 is 0.902 bits per heavy atom. The van der Waals surface area contributed by atoms with Crippen molar-refractivity contribution in [3.8, 4) is 5.75 Å². The van der Waals surface area contributed by atoms with Crippen molar-refractivity contribution in [2.24, 2.45) is 0 Å². The number of carbonyl (C=O) groups is 3. The van der Waals surface area contributed by atoms with E-state index in [1.165, 1.54) is 53.4 Å². The van der Waals surface area contributed by atoms with Crippen LogP contribution in [0.3, 0.4) is 0 Å². The fourth-order valence-electron chi connectivity index (χ4n) is 4.51. The Kier molecular flexibility index (Phi) is 8.62. The molecule has 1 aliphatic rings. The van der Waals surface area contributed by atoms with Gasteiger partial charge in [-0.2, -0.15) is 17.6 Å². The monoisotopic (exact) mass is 573 g/mol. The predicted molar refractivity (Wildman–Crippen MR) is 143 cm³/mol. The van der Waals surface area contributed by atoms with Crippen molar-refractivity contribution < 1.29 is 41.8 Å². The number of rotatable bonds is 9. The summed E-state index contributed by atoms with van der Waals surface area (Å²) in [6.45, 7) is 2.21. The zero-order chi connectivity index (χ0) is 29.8. The number of amides is 2. The highest BCUT2D eigenvalue weighted by atomic mass is 19.4. The Labute approximate surface area is 232 Å². The van der Waals surface area contributed by atoms with E-state index in [2.05, 4.69) is 10.6 Å². The van der Waals surface area contributed by atoms with Gasteiger partial charge < -0.3 is 20.5 Å². The molecule has 41 heavy (non-hydrogen) atoms. The van der Waals surface area contributed by atoms with E-state index >= 15 is 4.39 Å². The fraction of sp³-hybridized carbons (Fsp3) is 0.276. The van der Waals surface area contributed by atoms with Crippen LogP contribution in [0.25, 0.3) is 0 Å². The molecule has 0 spiro atoms. The van der Waals surface area contributed by atoms with Gasteiger partial charge in [0, 0.05) is 25.2 Å². The van der Waals surface area contributed by atoms with Gasteiger partial charge in [0.15, 0.2) is 0 Å². The van der Waals surface area contributed by atoms with Crippen molar-refractivity contribution in [1.29, 1.82) is 0 Å². The summed E-state index contributed by atoms with van der Waals surface area (Å²) in [6.07, 6.45) is -3.66. The number of hydrogen-bond donors (Lipinski definition) is 3. The third kappa shape index (κ3) is 7.01. The van der Waals surface area contributed by atoms with E-state index in [-0.39, 0.29) is 23.4 Å². The number of benzene rings is 3. The molecule has 1 aliphatic heterocycles. The van der Waals surface area contributed by atoms with Gasteiger partial charge >= 0.3 is 24.2 Å². The minimum atomic E-state index is -4.65. The van der Waals surface area contributed by atoms with E-state index in [9.17, 15) is 27.6 Å². The molecular weight excluding hydrogens is 546 g/mol. The molecule has 0 radical (unpaired) electrons. The van der Waals surface area contributed by atoms with Gasteiger partial charge in [-0.15, -0.1) is 0 Å². The first-order valence-electron chi connectivity index (χ1n) is 12.7. The lowest BCUT2D eigenvalue weighted by molar-refractivity contribution is -0.191. The molecule has 3 aromatic rings. The largest absolute Gasteiger partial charge is 0.478 e. The maximum absolute atomic E-state index is 16.3. The van der Waals surface area contributed by atoms with Crippen LogP contribution in [0.5, 0.6) is 5.75 Å². The zero-order valence-corrected chi connectivity index (χ0v) is 21.9. The molecule has 2 amide bonds. The average molecular weight is 574 g/mol. The number of aromatic carboxylic acids is 1. The van der Waals surface area contributed by atoms with Crippen LogP contribution < -0.4 is 15.4 Å². The van der Waals surface area contributed by atoms with Crippen LogP contribution in [0.1, 0.15) is 39.9 Å². The molecule has 12 heteroatoms. The highest BCUT2D eigenvalue weighted by Gasteiger charge is 2.48. The van der Waals surface area contributed by atoms with Crippen LogP contribution in [0.2, 0.25) is 0 Å². The second-order valence-corrected chi connectivity index (χ2v) is 9.56. The van der Waals surface area contributed by atoms with Gasteiger partial charge in [-0.25, -0.2) is 14.5 Å². The number of para-hydroxylation sites is 1. The number of nitrogens with one attached hydrogen (secondary N) is 2. The molecule has 8 nitrogen and oxygen atoms in total. The topological polar surface area (TPSA) is 108 Å². The van der Waals surface area contributed by atoms with Crippen molar-refractivity contribution in [1.82, 2.24) is 4.90 Å². The van der Waals surface area contributed by atoms with Gasteiger partial charge in [-0.1, -0.05) is 24.3 Å². The number of hydrogen-bond acceptors (Lipinski definition) is 5. The van der Waals surface area contributed by atoms with E-state index in [1.807, 2.05) is 0 Å². The van der Waals surface area contributed by atoms with Gasteiger partial charge in [0.25, 0.3) is 0 Å². The lowest BCUT2D eigenvalue weighted by Crippen LogP contribution is -2.55. The van der Waals surface area contributed by atoms with Gasteiger partial charge in [0.1, 0.15) is 5.75 Å². The minimum Gasteiger partial charge on any atom is -0.478 e. The molecule has 0 saturated carbocycles. The molecule has 0 aromatic heterocycles. The first-order chi connectivity index (χ1) is 19.4. The smallest absolute Gasteiger partial charge is 0.418 e. The van der Waals surface area contributed by atoms with Crippen molar-refractivity contribution in [2.75, 3.05) is 23.7 Å². The maximum atomic E-state index is 16.3. The Bertz CT molecular complexity index is 1440. The number of carboxylic acids is 1.